The van der Waals surface area contributed by atoms with Crippen LogP contribution in [-0.4, -0.2) is 43.8 Å². The lowest BCUT2D eigenvalue weighted by Crippen LogP contribution is -2.15. The number of nitro groups is 2. The predicted octanol–water partition coefficient (Wildman–Crippen LogP) is 5.20. The lowest BCUT2D eigenvalue weighted by Gasteiger charge is -2.15. The number of nitrogens with zero attached hydrogens (tertiary/aromatic N) is 2. The fourth-order valence-electron chi connectivity index (χ4n) is 3.76. The monoisotopic (exact) mass is 586 g/mol. The number of nitro benzene ring substituents is 2. The fraction of sp³-hybridized carbons (Fsp3) is 0. The van der Waals surface area contributed by atoms with Crippen LogP contribution >= 0.6 is 0 Å². The summed E-state index contributed by atoms with van der Waals surface area (Å²) in [6.45, 7) is 0. The van der Waals surface area contributed by atoms with Crippen LogP contribution in [-0.2, 0) is 0 Å². The number of non-ortho nitro benzene ring substituents is 2. The molecule has 4 aromatic carbocycles. The van der Waals surface area contributed by atoms with Crippen LogP contribution in [0.3, 0.4) is 0 Å². The Morgan fingerprint density at radius 3 is 1.93 bits per heavy atom. The van der Waals surface area contributed by atoms with Crippen LogP contribution in [0.1, 0.15) is 41.4 Å². The van der Waals surface area contributed by atoms with Gasteiger partial charge in [0.1, 0.15) is 5.75 Å². The second-order valence-electron chi connectivity index (χ2n) is 8.65. The molecular weight excluding hydrogens is 568 g/mol. The zero-order chi connectivity index (χ0) is 31.3. The van der Waals surface area contributed by atoms with Gasteiger partial charge in [0.05, 0.1) is 26.7 Å². The Labute approximate surface area is 240 Å². The largest absolute Gasteiger partial charge is 0.478 e. The molecule has 15 heteroatoms. The topological polar surface area (TPSA) is 228 Å². The normalized spacial score (nSPS) is 10.3. The van der Waals surface area contributed by atoms with Gasteiger partial charge in [0.25, 0.3) is 23.2 Å². The minimum Gasteiger partial charge on any atom is -0.478 e. The molecule has 4 aromatic rings. The Morgan fingerprint density at radius 1 is 0.651 bits per heavy atom. The Hall–Kier alpha value is -6.64. The minimum atomic E-state index is -1.52. The highest BCUT2D eigenvalue weighted by molar-refractivity contribution is 6.07. The van der Waals surface area contributed by atoms with Crippen LogP contribution in [0, 0.1) is 20.2 Å². The molecule has 0 aliphatic rings. The first-order valence-electron chi connectivity index (χ1n) is 12.0. The molecule has 0 aromatic heterocycles. The van der Waals surface area contributed by atoms with Crippen molar-refractivity contribution in [2.75, 3.05) is 10.6 Å². The number of carboxylic acids is 2. The third-order valence-electron chi connectivity index (χ3n) is 5.82. The van der Waals surface area contributed by atoms with E-state index in [-0.39, 0.29) is 45.4 Å². The lowest BCUT2D eigenvalue weighted by atomic mass is 10.1. The van der Waals surface area contributed by atoms with Gasteiger partial charge in [-0.2, -0.15) is 0 Å². The number of hydrogen-bond donors (Lipinski definition) is 4. The van der Waals surface area contributed by atoms with Gasteiger partial charge < -0.3 is 25.6 Å². The average molecular weight is 586 g/mol. The molecule has 43 heavy (non-hydrogen) atoms. The molecule has 4 N–H and O–H groups in total. The molecule has 4 rings (SSSR count). The summed E-state index contributed by atoms with van der Waals surface area (Å²) in [5.41, 5.74) is -1.51. The number of aromatic carboxylic acids is 2. The summed E-state index contributed by atoms with van der Waals surface area (Å²) in [5.74, 6) is -4.59. The van der Waals surface area contributed by atoms with Crippen molar-refractivity contribution in [3.05, 3.63) is 127 Å². The van der Waals surface area contributed by atoms with E-state index in [1.54, 1.807) is 0 Å². The van der Waals surface area contributed by atoms with Crippen molar-refractivity contribution >= 4 is 46.5 Å². The molecule has 0 spiro atoms. The molecule has 0 bridgehead atoms. The molecule has 0 saturated carbocycles. The third kappa shape index (κ3) is 6.93. The van der Waals surface area contributed by atoms with Crippen molar-refractivity contribution in [2.45, 2.75) is 0 Å². The minimum absolute atomic E-state index is 0.0582. The molecule has 15 nitrogen and oxygen atoms in total. The first-order chi connectivity index (χ1) is 20.4. The summed E-state index contributed by atoms with van der Waals surface area (Å²) < 4.78 is 5.76. The van der Waals surface area contributed by atoms with Gasteiger partial charge in [-0.3, -0.25) is 29.8 Å². The number of benzene rings is 4. The van der Waals surface area contributed by atoms with Crippen molar-refractivity contribution in [2.24, 2.45) is 0 Å². The summed E-state index contributed by atoms with van der Waals surface area (Å²) >= 11 is 0. The van der Waals surface area contributed by atoms with Gasteiger partial charge in [-0.05, 0) is 54.6 Å². The van der Waals surface area contributed by atoms with Crippen LogP contribution < -0.4 is 15.4 Å². The first-order valence-corrected chi connectivity index (χ1v) is 12.0. The average Bonchev–Trinajstić information content (AvgIpc) is 2.98. The van der Waals surface area contributed by atoms with Crippen molar-refractivity contribution < 1.29 is 44.0 Å². The first kappa shape index (κ1) is 29.3. The predicted molar refractivity (Wildman–Crippen MR) is 149 cm³/mol. The van der Waals surface area contributed by atoms with Crippen LogP contribution in [0.25, 0.3) is 0 Å². The van der Waals surface area contributed by atoms with Crippen molar-refractivity contribution in [1.82, 2.24) is 0 Å². The zero-order valence-corrected chi connectivity index (χ0v) is 21.5. The fourth-order valence-corrected chi connectivity index (χ4v) is 3.76. The van der Waals surface area contributed by atoms with E-state index in [2.05, 4.69) is 10.6 Å². The van der Waals surface area contributed by atoms with Crippen LogP contribution in [0.4, 0.5) is 22.7 Å². The molecule has 0 saturated heterocycles. The standard InChI is InChI=1S/C28H18N4O11/c33-25(15-4-7-18(8-5-15)31(39)40)29-17-6-11-24(43-20-9-10-21(27(35)36)22(14-20)28(37)38)23(13-17)30-26(34)16-2-1-3-19(12-16)32(41)42/h1-14H,(H,29,33)(H,30,34)(H,35,36)(H,37,38). The number of ether oxygens (including phenoxy) is 1. The number of anilines is 2. The number of carboxylic acid groups (broad SMARTS) is 2. The van der Waals surface area contributed by atoms with Crippen molar-refractivity contribution in [1.29, 1.82) is 0 Å². The van der Waals surface area contributed by atoms with Crippen molar-refractivity contribution in [3.63, 3.8) is 0 Å². The van der Waals surface area contributed by atoms with Crippen molar-refractivity contribution in [3.8, 4) is 11.5 Å². The molecule has 0 atom stereocenters. The van der Waals surface area contributed by atoms with E-state index < -0.39 is 44.7 Å². The quantitative estimate of drug-likeness (QED) is 0.139. The van der Waals surface area contributed by atoms with Crippen LogP contribution in [0.5, 0.6) is 11.5 Å². The molecule has 0 unspecified atom stereocenters. The maximum Gasteiger partial charge on any atom is 0.336 e. The van der Waals surface area contributed by atoms with Gasteiger partial charge in [-0.1, -0.05) is 6.07 Å². The van der Waals surface area contributed by atoms with Gasteiger partial charge in [0.2, 0.25) is 0 Å². The van der Waals surface area contributed by atoms with Gasteiger partial charge in [0, 0.05) is 41.1 Å². The highest BCUT2D eigenvalue weighted by Crippen LogP contribution is 2.34. The van der Waals surface area contributed by atoms with E-state index in [0.717, 1.165) is 30.3 Å². The smallest absolute Gasteiger partial charge is 0.336 e. The third-order valence-corrected chi connectivity index (χ3v) is 5.82. The Morgan fingerprint density at radius 2 is 1.30 bits per heavy atom. The second-order valence-corrected chi connectivity index (χ2v) is 8.65. The molecule has 0 heterocycles. The molecule has 2 amide bonds. The van der Waals surface area contributed by atoms with E-state index in [1.807, 2.05) is 0 Å². The molecule has 0 aliphatic carbocycles. The zero-order valence-electron chi connectivity index (χ0n) is 21.5. The SMILES string of the molecule is O=C(Nc1ccc(Oc2ccc(C(=O)O)c(C(=O)O)c2)c(NC(=O)c2cccc([N+](=O)[O-])c2)c1)c1ccc([N+](=O)[O-])cc1. The highest BCUT2D eigenvalue weighted by atomic mass is 16.6. The number of amides is 2. The van der Waals surface area contributed by atoms with Crippen LogP contribution in [0.15, 0.2) is 84.9 Å². The van der Waals surface area contributed by atoms with Gasteiger partial charge >= 0.3 is 11.9 Å². The van der Waals surface area contributed by atoms with E-state index in [4.69, 9.17) is 4.74 Å². The van der Waals surface area contributed by atoms with Gasteiger partial charge in [0.15, 0.2) is 5.75 Å². The van der Waals surface area contributed by atoms with Gasteiger partial charge in [-0.25, -0.2) is 9.59 Å². The number of nitrogens with one attached hydrogen (secondary N) is 2. The summed E-state index contributed by atoms with van der Waals surface area (Å²) in [4.78, 5) is 69.5. The molecular formula is C28H18N4O11. The van der Waals surface area contributed by atoms with E-state index in [0.29, 0.717) is 0 Å². The summed E-state index contributed by atoms with van der Waals surface area (Å²) in [7, 11) is 0. The van der Waals surface area contributed by atoms with E-state index in [1.165, 1.54) is 54.6 Å². The maximum atomic E-state index is 13.0. The van der Waals surface area contributed by atoms with Gasteiger partial charge in [-0.15, -0.1) is 0 Å². The Bertz CT molecular complexity index is 1800. The summed E-state index contributed by atoms with van der Waals surface area (Å²) in [6, 6.07) is 16.9. The van der Waals surface area contributed by atoms with E-state index >= 15 is 0 Å². The number of carbonyl (C=O) groups is 4. The number of carbonyl (C=O) groups excluding carboxylic acids is 2. The Kier molecular flexibility index (Phi) is 8.36. The number of hydrogen-bond acceptors (Lipinski definition) is 9. The van der Waals surface area contributed by atoms with Crippen LogP contribution in [0.2, 0.25) is 0 Å². The molecule has 0 fully saturated rings. The molecule has 0 aliphatic heterocycles. The lowest BCUT2D eigenvalue weighted by molar-refractivity contribution is -0.385. The summed E-state index contributed by atoms with van der Waals surface area (Å²) in [6.07, 6.45) is 0. The molecule has 216 valence electrons. The van der Waals surface area contributed by atoms with E-state index in [9.17, 15) is 49.6 Å². The molecule has 0 radical (unpaired) electrons. The maximum absolute atomic E-state index is 13.0. The Balaban J connectivity index is 1.68. The highest BCUT2D eigenvalue weighted by Gasteiger charge is 2.19. The second kappa shape index (κ2) is 12.3. The number of rotatable bonds is 10. The summed E-state index contributed by atoms with van der Waals surface area (Å²) in [5, 5.41) is 45.8.